The van der Waals surface area contributed by atoms with Crippen molar-refractivity contribution in [1.82, 2.24) is 4.57 Å². The third kappa shape index (κ3) is 0.907. The Labute approximate surface area is 53.7 Å². The summed E-state index contributed by atoms with van der Waals surface area (Å²) in [5, 5.41) is 8.66. The van der Waals surface area contributed by atoms with Crippen LogP contribution in [0.3, 0.4) is 0 Å². The number of nitrogen functional groups attached to an aromatic ring is 1. The van der Waals surface area contributed by atoms with E-state index in [0.717, 1.165) is 5.69 Å². The summed E-state index contributed by atoms with van der Waals surface area (Å²) in [6.07, 6.45) is 0. The van der Waals surface area contributed by atoms with Crippen molar-refractivity contribution in [3.05, 3.63) is 17.8 Å². The van der Waals surface area contributed by atoms with Crippen LogP contribution in [0.5, 0.6) is 0 Å². The first kappa shape index (κ1) is 6.16. The lowest BCUT2D eigenvalue weighted by atomic mass is 10.5. The highest BCUT2D eigenvalue weighted by Crippen LogP contribution is 2.07. The summed E-state index contributed by atoms with van der Waals surface area (Å²) < 4.78 is 1.75. The lowest BCUT2D eigenvalue weighted by Gasteiger charge is -1.99. The molecule has 50 valence electrons. The molecule has 0 aliphatic carbocycles. The minimum Gasteiger partial charge on any atom is -0.390 e. The van der Waals surface area contributed by atoms with Crippen LogP contribution >= 0.6 is 0 Å². The average molecular weight is 126 g/mol. The molecular weight excluding hydrogens is 116 g/mol. The number of nitrogens with two attached hydrogens (primary N) is 1. The Kier molecular flexibility index (Phi) is 1.44. The zero-order chi connectivity index (χ0) is 6.85. The number of rotatable bonds is 1. The molecule has 1 aromatic heterocycles. The summed E-state index contributed by atoms with van der Waals surface area (Å²) in [4.78, 5) is 0. The Morgan fingerprint density at radius 1 is 1.67 bits per heavy atom. The highest BCUT2D eigenvalue weighted by molar-refractivity contribution is 5.33. The molecule has 0 fully saturated rings. The van der Waals surface area contributed by atoms with E-state index in [1.165, 1.54) is 0 Å². The highest BCUT2D eigenvalue weighted by Gasteiger charge is 1.96. The fourth-order valence-electron chi connectivity index (χ4n) is 0.730. The van der Waals surface area contributed by atoms with E-state index in [-0.39, 0.29) is 6.61 Å². The van der Waals surface area contributed by atoms with E-state index in [1.807, 2.05) is 7.05 Å². The molecule has 0 saturated carbocycles. The van der Waals surface area contributed by atoms with Gasteiger partial charge in [-0.3, -0.25) is 0 Å². The van der Waals surface area contributed by atoms with Crippen LogP contribution in [0.1, 0.15) is 5.69 Å². The zero-order valence-corrected chi connectivity index (χ0v) is 5.33. The van der Waals surface area contributed by atoms with E-state index in [2.05, 4.69) is 0 Å². The first-order chi connectivity index (χ1) is 4.25. The van der Waals surface area contributed by atoms with E-state index in [1.54, 1.807) is 16.7 Å². The van der Waals surface area contributed by atoms with Gasteiger partial charge in [0.05, 0.1) is 6.61 Å². The average Bonchev–Trinajstić information content (AvgIpc) is 2.15. The molecule has 0 radical (unpaired) electrons. The van der Waals surface area contributed by atoms with Crippen LogP contribution in [-0.4, -0.2) is 9.67 Å². The maximum absolute atomic E-state index is 8.66. The van der Waals surface area contributed by atoms with Crippen LogP contribution in [0, 0.1) is 0 Å². The Balaban J connectivity index is 3.04. The molecule has 0 aromatic carbocycles. The van der Waals surface area contributed by atoms with Crippen molar-refractivity contribution in [3.8, 4) is 0 Å². The van der Waals surface area contributed by atoms with Gasteiger partial charge < -0.3 is 15.4 Å². The molecule has 0 spiro atoms. The van der Waals surface area contributed by atoms with Gasteiger partial charge in [0.15, 0.2) is 0 Å². The number of hydrogen-bond donors (Lipinski definition) is 2. The van der Waals surface area contributed by atoms with Crippen molar-refractivity contribution >= 4 is 5.82 Å². The van der Waals surface area contributed by atoms with Gasteiger partial charge in [0.1, 0.15) is 5.82 Å². The summed E-state index contributed by atoms with van der Waals surface area (Å²) >= 11 is 0. The van der Waals surface area contributed by atoms with Crippen molar-refractivity contribution in [2.24, 2.45) is 7.05 Å². The molecular formula is C6H10N2O. The Morgan fingerprint density at radius 2 is 2.33 bits per heavy atom. The SMILES string of the molecule is Cn1c(N)ccc1CO. The first-order valence-electron chi connectivity index (χ1n) is 2.76. The number of aromatic nitrogens is 1. The molecule has 0 aliphatic heterocycles. The number of hydrogen-bond acceptors (Lipinski definition) is 2. The molecule has 1 rings (SSSR count). The summed E-state index contributed by atoms with van der Waals surface area (Å²) in [5.41, 5.74) is 6.31. The van der Waals surface area contributed by atoms with E-state index in [0.29, 0.717) is 5.82 Å². The molecule has 0 atom stereocenters. The van der Waals surface area contributed by atoms with Crippen LogP contribution in [-0.2, 0) is 13.7 Å². The normalized spacial score (nSPS) is 10.0. The summed E-state index contributed by atoms with van der Waals surface area (Å²) in [6, 6.07) is 3.57. The molecule has 3 N–H and O–H groups in total. The van der Waals surface area contributed by atoms with Gasteiger partial charge >= 0.3 is 0 Å². The smallest absolute Gasteiger partial charge is 0.103 e. The van der Waals surface area contributed by atoms with Gasteiger partial charge in [0.25, 0.3) is 0 Å². The van der Waals surface area contributed by atoms with Gasteiger partial charge in [0, 0.05) is 12.7 Å². The van der Waals surface area contributed by atoms with Crippen molar-refractivity contribution in [1.29, 1.82) is 0 Å². The lowest BCUT2D eigenvalue weighted by Crippen LogP contribution is -1.99. The molecule has 0 unspecified atom stereocenters. The summed E-state index contributed by atoms with van der Waals surface area (Å²) in [7, 11) is 1.82. The van der Waals surface area contributed by atoms with Crippen LogP contribution in [0.4, 0.5) is 5.82 Å². The van der Waals surface area contributed by atoms with E-state index in [9.17, 15) is 0 Å². The highest BCUT2D eigenvalue weighted by atomic mass is 16.3. The van der Waals surface area contributed by atoms with Gasteiger partial charge in [-0.25, -0.2) is 0 Å². The van der Waals surface area contributed by atoms with Crippen LogP contribution in [0.15, 0.2) is 12.1 Å². The Bertz CT molecular complexity index is 205. The van der Waals surface area contributed by atoms with E-state index < -0.39 is 0 Å². The fourth-order valence-corrected chi connectivity index (χ4v) is 0.730. The third-order valence-electron chi connectivity index (χ3n) is 1.43. The molecule has 1 heterocycles. The van der Waals surface area contributed by atoms with Gasteiger partial charge in [-0.05, 0) is 12.1 Å². The predicted octanol–water partition coefficient (Wildman–Crippen LogP) is 0.0996. The second-order valence-corrected chi connectivity index (χ2v) is 1.97. The monoisotopic (exact) mass is 126 g/mol. The van der Waals surface area contributed by atoms with Gasteiger partial charge in [-0.1, -0.05) is 0 Å². The Morgan fingerprint density at radius 3 is 2.56 bits per heavy atom. The number of anilines is 1. The number of aliphatic hydroxyl groups is 1. The molecule has 3 heteroatoms. The van der Waals surface area contributed by atoms with Gasteiger partial charge in [0.2, 0.25) is 0 Å². The molecule has 0 aliphatic rings. The van der Waals surface area contributed by atoms with Crippen molar-refractivity contribution in [3.63, 3.8) is 0 Å². The minimum absolute atomic E-state index is 0.0493. The zero-order valence-electron chi connectivity index (χ0n) is 5.33. The van der Waals surface area contributed by atoms with Crippen molar-refractivity contribution in [2.75, 3.05) is 5.73 Å². The topological polar surface area (TPSA) is 51.2 Å². The molecule has 3 nitrogen and oxygen atoms in total. The van der Waals surface area contributed by atoms with Gasteiger partial charge in [-0.2, -0.15) is 0 Å². The van der Waals surface area contributed by atoms with Crippen LogP contribution < -0.4 is 5.73 Å². The van der Waals surface area contributed by atoms with Gasteiger partial charge in [-0.15, -0.1) is 0 Å². The Hall–Kier alpha value is -0.960. The molecule has 0 bridgehead atoms. The van der Waals surface area contributed by atoms with Crippen molar-refractivity contribution in [2.45, 2.75) is 6.61 Å². The second-order valence-electron chi connectivity index (χ2n) is 1.97. The first-order valence-corrected chi connectivity index (χ1v) is 2.76. The maximum Gasteiger partial charge on any atom is 0.103 e. The van der Waals surface area contributed by atoms with Crippen molar-refractivity contribution < 1.29 is 5.11 Å². The predicted molar refractivity (Wildman–Crippen MR) is 35.7 cm³/mol. The lowest BCUT2D eigenvalue weighted by molar-refractivity contribution is 0.273. The summed E-state index contributed by atoms with van der Waals surface area (Å²) in [5.74, 6) is 0.680. The second kappa shape index (κ2) is 2.11. The fraction of sp³-hybridized carbons (Fsp3) is 0.333. The molecule has 1 aromatic rings. The molecule has 0 amide bonds. The number of nitrogens with zero attached hydrogens (tertiary/aromatic N) is 1. The number of aliphatic hydroxyl groups excluding tert-OH is 1. The van der Waals surface area contributed by atoms with Crippen LogP contribution in [0.2, 0.25) is 0 Å². The molecule has 9 heavy (non-hydrogen) atoms. The van der Waals surface area contributed by atoms with Crippen LogP contribution in [0.25, 0.3) is 0 Å². The largest absolute Gasteiger partial charge is 0.390 e. The summed E-state index contributed by atoms with van der Waals surface area (Å²) in [6.45, 7) is 0.0493. The maximum atomic E-state index is 8.66. The third-order valence-corrected chi connectivity index (χ3v) is 1.43. The molecule has 0 saturated heterocycles. The quantitative estimate of drug-likeness (QED) is 0.560. The van der Waals surface area contributed by atoms with E-state index >= 15 is 0 Å². The standard InChI is InChI=1S/C6H10N2O/c1-8-5(4-9)2-3-6(8)7/h2-3,9H,4,7H2,1H3. The minimum atomic E-state index is 0.0493. The van der Waals surface area contributed by atoms with E-state index in [4.69, 9.17) is 10.8 Å².